The van der Waals surface area contributed by atoms with Crippen molar-refractivity contribution < 1.29 is 18.4 Å². The van der Waals surface area contributed by atoms with Crippen LogP contribution >= 0.6 is 15.9 Å². The average molecular weight is 456 g/mol. The van der Waals surface area contributed by atoms with Crippen LogP contribution in [0.4, 0.5) is 4.39 Å². The highest BCUT2D eigenvalue weighted by atomic mass is 79.9. The first-order chi connectivity index (χ1) is 12.7. The lowest BCUT2D eigenvalue weighted by Gasteiger charge is -2.19. The lowest BCUT2D eigenvalue weighted by atomic mass is 10.1. The highest BCUT2D eigenvalue weighted by Crippen LogP contribution is 2.22. The summed E-state index contributed by atoms with van der Waals surface area (Å²) in [6.45, 7) is 5.82. The van der Waals surface area contributed by atoms with E-state index in [9.17, 15) is 8.94 Å². The number of nitrogens with zero attached hydrogens (tertiary/aromatic N) is 1. The Hall–Kier alpha value is -1.41. The second-order valence-electron chi connectivity index (χ2n) is 6.86. The van der Waals surface area contributed by atoms with Crippen LogP contribution < -0.4 is 4.74 Å². The van der Waals surface area contributed by atoms with Crippen molar-refractivity contribution in [2.24, 2.45) is 4.40 Å². The molecule has 27 heavy (non-hydrogen) atoms. The Morgan fingerprint density at radius 3 is 2.44 bits per heavy atom. The second-order valence-corrected chi connectivity index (χ2v) is 9.69. The van der Waals surface area contributed by atoms with Crippen LogP contribution in [0.5, 0.6) is 5.75 Å². The molecule has 146 valence electrons. The fraction of sp³-hybridized carbons (Fsp3) is 0.350. The van der Waals surface area contributed by atoms with Crippen LogP contribution in [0.25, 0.3) is 0 Å². The highest BCUT2D eigenvalue weighted by Gasteiger charge is 2.28. The molecule has 0 N–H and O–H groups in total. The van der Waals surface area contributed by atoms with Gasteiger partial charge < -0.3 is 14.0 Å². The summed E-state index contributed by atoms with van der Waals surface area (Å²) in [5.74, 6) is 0.327. The molecule has 1 atom stereocenters. The van der Waals surface area contributed by atoms with Gasteiger partial charge in [0, 0.05) is 10.0 Å². The molecule has 0 bridgehead atoms. The van der Waals surface area contributed by atoms with Gasteiger partial charge in [0.05, 0.1) is 20.3 Å². The topological polar surface area (TPSA) is 53.9 Å². The molecule has 0 saturated carbocycles. The standard InChI is InChI=1S/C20H23BrFNO3S/c1-20(2,3)27(24)23-19(17-11-15(21)7-10-18(17)22)13-26-12-14-5-8-16(25-4)9-6-14/h5-11H,12-13H2,1-4H3. The SMILES string of the molecule is COc1ccc(COCC(=N[S+]([O-])C(C)(C)C)c2cc(Br)ccc2F)cc1. The molecule has 0 fully saturated rings. The third-order valence-corrected chi connectivity index (χ3v) is 5.55. The van der Waals surface area contributed by atoms with Gasteiger partial charge in [0.1, 0.15) is 33.4 Å². The fourth-order valence-electron chi connectivity index (χ4n) is 2.10. The summed E-state index contributed by atoms with van der Waals surface area (Å²) in [7, 11) is 1.61. The van der Waals surface area contributed by atoms with Crippen molar-refractivity contribution in [1.82, 2.24) is 0 Å². The molecule has 2 aromatic rings. The monoisotopic (exact) mass is 455 g/mol. The second kappa shape index (κ2) is 9.68. The van der Waals surface area contributed by atoms with E-state index in [0.717, 1.165) is 11.3 Å². The van der Waals surface area contributed by atoms with Gasteiger partial charge in [-0.2, -0.15) is 0 Å². The van der Waals surface area contributed by atoms with Crippen LogP contribution in [0.1, 0.15) is 31.9 Å². The zero-order valence-corrected chi connectivity index (χ0v) is 18.2. The van der Waals surface area contributed by atoms with Crippen molar-refractivity contribution in [2.75, 3.05) is 13.7 Å². The van der Waals surface area contributed by atoms with Crippen LogP contribution in [0, 0.1) is 5.82 Å². The van der Waals surface area contributed by atoms with Crippen LogP contribution in [0.2, 0.25) is 0 Å². The van der Waals surface area contributed by atoms with Gasteiger partial charge >= 0.3 is 0 Å². The third-order valence-electron chi connectivity index (χ3n) is 3.62. The molecule has 7 heteroatoms. The van der Waals surface area contributed by atoms with Crippen molar-refractivity contribution in [3.05, 3.63) is 63.9 Å². The van der Waals surface area contributed by atoms with Crippen molar-refractivity contribution >= 4 is 33.0 Å². The molecule has 0 amide bonds. The van der Waals surface area contributed by atoms with Crippen LogP contribution in [0.3, 0.4) is 0 Å². The number of benzene rings is 2. The minimum Gasteiger partial charge on any atom is -0.591 e. The Bertz CT molecular complexity index is 791. The minimum atomic E-state index is -1.53. The molecule has 0 aromatic heterocycles. The number of hydrogen-bond donors (Lipinski definition) is 0. The van der Waals surface area contributed by atoms with E-state index < -0.39 is 21.9 Å². The summed E-state index contributed by atoms with van der Waals surface area (Å²) >= 11 is 1.81. The summed E-state index contributed by atoms with van der Waals surface area (Å²) in [6.07, 6.45) is 0. The number of halogens is 2. The number of methoxy groups -OCH3 is 1. The molecule has 0 saturated heterocycles. The molecule has 0 aliphatic heterocycles. The zero-order chi connectivity index (χ0) is 20.0. The van der Waals surface area contributed by atoms with Crippen molar-refractivity contribution in [3.63, 3.8) is 0 Å². The average Bonchev–Trinajstić information content (AvgIpc) is 2.62. The quantitative estimate of drug-likeness (QED) is 0.432. The van der Waals surface area contributed by atoms with Gasteiger partial charge in [-0.25, -0.2) is 4.39 Å². The van der Waals surface area contributed by atoms with Crippen LogP contribution in [0.15, 0.2) is 51.3 Å². The first-order valence-electron chi connectivity index (χ1n) is 8.36. The van der Waals surface area contributed by atoms with Gasteiger partial charge in [0.25, 0.3) is 0 Å². The molecular formula is C20H23BrFNO3S. The maximum atomic E-state index is 14.3. The molecule has 2 rings (SSSR count). The van der Waals surface area contributed by atoms with E-state index in [4.69, 9.17) is 9.47 Å². The van der Waals surface area contributed by atoms with Crippen LogP contribution in [-0.4, -0.2) is 28.7 Å². The largest absolute Gasteiger partial charge is 0.591 e. The van der Waals surface area contributed by atoms with Gasteiger partial charge in [-0.3, -0.25) is 0 Å². The predicted octanol–water partition coefficient (Wildman–Crippen LogP) is 5.06. The van der Waals surface area contributed by atoms with Crippen molar-refractivity contribution in [1.29, 1.82) is 0 Å². The molecule has 0 aliphatic carbocycles. The highest BCUT2D eigenvalue weighted by molar-refractivity contribution is 9.10. The Balaban J connectivity index is 2.19. The molecule has 4 nitrogen and oxygen atoms in total. The number of rotatable bonds is 7. The molecule has 0 radical (unpaired) electrons. The molecular weight excluding hydrogens is 433 g/mol. The van der Waals surface area contributed by atoms with Crippen molar-refractivity contribution in [3.8, 4) is 5.75 Å². The summed E-state index contributed by atoms with van der Waals surface area (Å²) in [5.41, 5.74) is 1.54. The molecule has 0 spiro atoms. The fourth-order valence-corrected chi connectivity index (χ4v) is 3.08. The van der Waals surface area contributed by atoms with E-state index in [1.807, 2.05) is 45.0 Å². The van der Waals surface area contributed by atoms with E-state index in [1.165, 1.54) is 6.07 Å². The maximum Gasteiger partial charge on any atom is 0.144 e. The summed E-state index contributed by atoms with van der Waals surface area (Å²) in [4.78, 5) is 0. The van der Waals surface area contributed by atoms with Gasteiger partial charge in [-0.15, -0.1) is 0 Å². The van der Waals surface area contributed by atoms with Gasteiger partial charge in [0.15, 0.2) is 0 Å². The first kappa shape index (κ1) is 21.9. The summed E-state index contributed by atoms with van der Waals surface area (Å²) in [6, 6.07) is 12.0. The van der Waals surface area contributed by atoms with E-state index in [0.29, 0.717) is 16.8 Å². The Morgan fingerprint density at radius 1 is 1.19 bits per heavy atom. The predicted molar refractivity (Wildman–Crippen MR) is 111 cm³/mol. The first-order valence-corrected chi connectivity index (χ1v) is 10.3. The Morgan fingerprint density at radius 2 is 1.85 bits per heavy atom. The van der Waals surface area contributed by atoms with Crippen molar-refractivity contribution in [2.45, 2.75) is 32.1 Å². The number of hydrogen-bond acceptors (Lipinski definition) is 4. The van der Waals surface area contributed by atoms with Crippen LogP contribution in [-0.2, 0) is 22.7 Å². The smallest absolute Gasteiger partial charge is 0.144 e. The minimum absolute atomic E-state index is 0.0429. The molecule has 2 aromatic carbocycles. The molecule has 0 aliphatic rings. The third kappa shape index (κ3) is 6.60. The lowest BCUT2D eigenvalue weighted by Crippen LogP contribution is -2.28. The Kier molecular flexibility index (Phi) is 7.85. The van der Waals surface area contributed by atoms with E-state index >= 15 is 0 Å². The lowest BCUT2D eigenvalue weighted by molar-refractivity contribution is 0.158. The number of ether oxygens (including phenoxy) is 2. The van der Waals surface area contributed by atoms with E-state index in [-0.39, 0.29) is 12.2 Å². The molecule has 0 heterocycles. The van der Waals surface area contributed by atoms with E-state index in [2.05, 4.69) is 20.3 Å². The zero-order valence-electron chi connectivity index (χ0n) is 15.8. The summed E-state index contributed by atoms with van der Waals surface area (Å²) in [5, 5.41) is 0. The normalized spacial score (nSPS) is 13.5. The van der Waals surface area contributed by atoms with Gasteiger partial charge in [-0.1, -0.05) is 32.5 Å². The van der Waals surface area contributed by atoms with E-state index in [1.54, 1.807) is 19.2 Å². The van der Waals surface area contributed by atoms with Gasteiger partial charge in [-0.05, 0) is 56.7 Å². The summed E-state index contributed by atoms with van der Waals surface area (Å²) < 4.78 is 42.1. The maximum absolute atomic E-state index is 14.3. The van der Waals surface area contributed by atoms with Gasteiger partial charge in [0.2, 0.25) is 0 Å². The Labute approximate surface area is 171 Å². The molecule has 1 unspecified atom stereocenters.